The molecule has 32 heavy (non-hydrogen) atoms. The molecule has 2 aromatic rings. The van der Waals surface area contributed by atoms with E-state index in [-0.39, 0.29) is 30.0 Å². The molecule has 0 fully saturated rings. The normalized spacial score (nSPS) is 16.1. The van der Waals surface area contributed by atoms with E-state index >= 15 is 0 Å². The number of urea groups is 1. The van der Waals surface area contributed by atoms with Crippen molar-refractivity contribution in [3.63, 3.8) is 0 Å². The van der Waals surface area contributed by atoms with Crippen LogP contribution >= 0.6 is 0 Å². The van der Waals surface area contributed by atoms with E-state index in [1.165, 1.54) is 17.0 Å². The molecule has 8 heteroatoms. The summed E-state index contributed by atoms with van der Waals surface area (Å²) in [5.74, 6) is -1.49. The Bertz CT molecular complexity index is 981. The van der Waals surface area contributed by atoms with Crippen LogP contribution in [-0.4, -0.2) is 51.5 Å². The largest absolute Gasteiger partial charge is 0.348 e. The van der Waals surface area contributed by atoms with Crippen LogP contribution in [0.1, 0.15) is 51.9 Å². The second-order valence-electron chi connectivity index (χ2n) is 9.74. The third kappa shape index (κ3) is 5.47. The van der Waals surface area contributed by atoms with Crippen molar-refractivity contribution in [2.75, 3.05) is 19.6 Å². The fraction of sp³-hybridized carbons (Fsp3) is 0.500. The smallest absolute Gasteiger partial charge is 0.318 e. The summed E-state index contributed by atoms with van der Waals surface area (Å²) < 4.78 is 30.3. The monoisotopic (exact) mass is 446 g/mol. The van der Waals surface area contributed by atoms with Gasteiger partial charge in [-0.05, 0) is 44.9 Å². The third-order valence-corrected chi connectivity index (χ3v) is 5.30. The number of carbonyl (C=O) groups excluding carboxylic acids is 2. The molecule has 0 saturated heterocycles. The van der Waals surface area contributed by atoms with Crippen LogP contribution in [0.3, 0.4) is 0 Å². The highest BCUT2D eigenvalue weighted by molar-refractivity contribution is 5.85. The Balaban J connectivity index is 1.91. The van der Waals surface area contributed by atoms with E-state index in [0.29, 0.717) is 19.6 Å². The van der Waals surface area contributed by atoms with Crippen molar-refractivity contribution in [3.8, 4) is 0 Å². The molecule has 3 rings (SSSR count). The number of nitrogens with zero attached hydrogens (tertiary/aromatic N) is 3. The van der Waals surface area contributed by atoms with Gasteiger partial charge in [0.1, 0.15) is 24.2 Å². The number of benzene rings is 1. The summed E-state index contributed by atoms with van der Waals surface area (Å²) in [6.07, 6.45) is 1.88. The van der Waals surface area contributed by atoms with Gasteiger partial charge in [-0.2, -0.15) is 0 Å². The highest BCUT2D eigenvalue weighted by Gasteiger charge is 2.35. The minimum Gasteiger partial charge on any atom is -0.348 e. The van der Waals surface area contributed by atoms with Crippen LogP contribution in [0.5, 0.6) is 0 Å². The summed E-state index contributed by atoms with van der Waals surface area (Å²) in [4.78, 5) is 29.4. The van der Waals surface area contributed by atoms with Crippen molar-refractivity contribution < 1.29 is 18.4 Å². The van der Waals surface area contributed by atoms with Crippen molar-refractivity contribution in [2.24, 2.45) is 5.92 Å². The van der Waals surface area contributed by atoms with E-state index in [1.54, 1.807) is 4.90 Å². The van der Waals surface area contributed by atoms with Crippen LogP contribution in [0, 0.1) is 17.6 Å². The maximum Gasteiger partial charge on any atom is 0.318 e. The number of hydrogen-bond donors (Lipinski definition) is 1. The van der Waals surface area contributed by atoms with Crippen molar-refractivity contribution >= 4 is 11.9 Å². The first kappa shape index (κ1) is 23.8. The lowest BCUT2D eigenvalue weighted by Crippen LogP contribution is -2.53. The molecule has 0 spiro atoms. The predicted molar refractivity (Wildman–Crippen MR) is 119 cm³/mol. The van der Waals surface area contributed by atoms with Crippen molar-refractivity contribution in [3.05, 3.63) is 59.4 Å². The third-order valence-electron chi connectivity index (χ3n) is 5.30. The average Bonchev–Trinajstić information content (AvgIpc) is 3.14. The number of rotatable bonds is 5. The zero-order valence-electron chi connectivity index (χ0n) is 19.4. The van der Waals surface area contributed by atoms with E-state index in [1.807, 2.05) is 57.5 Å². The maximum absolute atomic E-state index is 14.8. The lowest BCUT2D eigenvalue weighted by atomic mass is 9.99. The molecule has 1 N–H and O–H groups in total. The van der Waals surface area contributed by atoms with E-state index in [0.717, 1.165) is 11.8 Å². The van der Waals surface area contributed by atoms with E-state index < -0.39 is 23.2 Å². The van der Waals surface area contributed by atoms with Gasteiger partial charge >= 0.3 is 6.03 Å². The maximum atomic E-state index is 14.8. The van der Waals surface area contributed by atoms with Crippen LogP contribution < -0.4 is 5.32 Å². The Hall–Kier alpha value is -2.90. The quantitative estimate of drug-likeness (QED) is 0.750. The molecule has 1 aliphatic heterocycles. The van der Waals surface area contributed by atoms with Crippen LogP contribution in [0.15, 0.2) is 36.5 Å². The minimum absolute atomic E-state index is 0.125. The molecule has 0 saturated carbocycles. The number of carbonyl (C=O) groups is 2. The van der Waals surface area contributed by atoms with Crippen molar-refractivity contribution in [1.29, 1.82) is 0 Å². The fourth-order valence-electron chi connectivity index (χ4n) is 4.02. The highest BCUT2D eigenvalue weighted by atomic mass is 19.1. The molecule has 3 amide bonds. The number of aromatic nitrogens is 1. The van der Waals surface area contributed by atoms with E-state index in [4.69, 9.17) is 0 Å². The van der Waals surface area contributed by atoms with Gasteiger partial charge in [0, 0.05) is 48.7 Å². The Morgan fingerprint density at radius 3 is 2.53 bits per heavy atom. The first-order valence-corrected chi connectivity index (χ1v) is 10.9. The summed E-state index contributed by atoms with van der Waals surface area (Å²) in [6, 6.07) is 6.09. The number of fused-ring (bicyclic) bond motifs is 1. The van der Waals surface area contributed by atoms with E-state index in [9.17, 15) is 18.4 Å². The first-order valence-electron chi connectivity index (χ1n) is 10.9. The number of hydrogen-bond acceptors (Lipinski definition) is 2. The van der Waals surface area contributed by atoms with Gasteiger partial charge < -0.3 is 19.7 Å². The Morgan fingerprint density at radius 2 is 1.91 bits per heavy atom. The molecular formula is C24H32F2N4O2. The average molecular weight is 447 g/mol. The van der Waals surface area contributed by atoms with Gasteiger partial charge in [-0.1, -0.05) is 19.9 Å². The molecule has 1 atom stereocenters. The summed E-state index contributed by atoms with van der Waals surface area (Å²) in [6.45, 7) is 10.8. The standard InChI is InChI=1S/C24H32F2N4O2/c1-16(2)14-29(23(32)27-24(3,4)5)15-21(31)30-12-11-28-10-6-7-20(28)22(30)18-9-8-17(25)13-19(18)26/h6-10,13,16,22H,11-12,14-15H2,1-5H3,(H,27,32). The predicted octanol–water partition coefficient (Wildman–Crippen LogP) is 4.16. The molecular weight excluding hydrogens is 414 g/mol. The van der Waals surface area contributed by atoms with Gasteiger partial charge in [-0.25, -0.2) is 13.6 Å². The van der Waals surface area contributed by atoms with Crippen LogP contribution in [0.25, 0.3) is 0 Å². The van der Waals surface area contributed by atoms with Gasteiger partial charge in [0.2, 0.25) is 5.91 Å². The second-order valence-corrected chi connectivity index (χ2v) is 9.74. The lowest BCUT2D eigenvalue weighted by molar-refractivity contribution is -0.134. The van der Waals surface area contributed by atoms with Gasteiger partial charge in [0.15, 0.2) is 0 Å². The summed E-state index contributed by atoms with van der Waals surface area (Å²) in [5.41, 5.74) is 0.541. The number of nitrogens with one attached hydrogen (secondary N) is 1. The van der Waals surface area contributed by atoms with Crippen LogP contribution in [0.2, 0.25) is 0 Å². The lowest BCUT2D eigenvalue weighted by Gasteiger charge is -2.39. The molecule has 1 aliphatic rings. The molecule has 6 nitrogen and oxygen atoms in total. The highest BCUT2D eigenvalue weighted by Crippen LogP contribution is 2.34. The summed E-state index contributed by atoms with van der Waals surface area (Å²) in [7, 11) is 0. The van der Waals surface area contributed by atoms with Crippen LogP contribution in [-0.2, 0) is 11.3 Å². The molecule has 2 heterocycles. The van der Waals surface area contributed by atoms with Crippen LogP contribution in [0.4, 0.5) is 13.6 Å². The Labute approximate surface area is 188 Å². The first-order chi connectivity index (χ1) is 15.0. The summed E-state index contributed by atoms with van der Waals surface area (Å²) >= 11 is 0. The fourth-order valence-corrected chi connectivity index (χ4v) is 4.02. The number of amides is 3. The molecule has 0 radical (unpaired) electrons. The van der Waals surface area contributed by atoms with E-state index in [2.05, 4.69) is 5.32 Å². The molecule has 0 aliphatic carbocycles. The SMILES string of the molecule is CC(C)CN(CC(=O)N1CCn2cccc2C1c1ccc(F)cc1F)C(=O)NC(C)(C)C. The second kappa shape index (κ2) is 9.30. The summed E-state index contributed by atoms with van der Waals surface area (Å²) in [5, 5.41) is 2.91. The Kier molecular flexibility index (Phi) is 6.91. The molecule has 1 aromatic heterocycles. The molecule has 1 unspecified atom stereocenters. The van der Waals surface area contributed by atoms with Gasteiger partial charge in [-0.15, -0.1) is 0 Å². The minimum atomic E-state index is -0.702. The molecule has 174 valence electrons. The van der Waals surface area contributed by atoms with Crippen molar-refractivity contribution in [2.45, 2.75) is 52.7 Å². The van der Waals surface area contributed by atoms with Gasteiger partial charge in [-0.3, -0.25) is 4.79 Å². The molecule has 0 bridgehead atoms. The zero-order valence-corrected chi connectivity index (χ0v) is 19.4. The Morgan fingerprint density at radius 1 is 1.19 bits per heavy atom. The van der Waals surface area contributed by atoms with Gasteiger partial charge in [0.05, 0.1) is 0 Å². The van der Waals surface area contributed by atoms with Gasteiger partial charge in [0.25, 0.3) is 0 Å². The van der Waals surface area contributed by atoms with Crippen molar-refractivity contribution in [1.82, 2.24) is 19.7 Å². The zero-order chi connectivity index (χ0) is 23.6. The number of halogens is 2. The topological polar surface area (TPSA) is 57.6 Å². The molecule has 1 aromatic carbocycles.